The fourth-order valence-electron chi connectivity index (χ4n) is 0.768. The fourth-order valence-corrected chi connectivity index (χ4v) is 3.66. The van der Waals surface area contributed by atoms with E-state index in [2.05, 4.69) is 86.6 Å². The van der Waals surface area contributed by atoms with Crippen LogP contribution in [0.3, 0.4) is 0 Å². The summed E-state index contributed by atoms with van der Waals surface area (Å²) < 4.78 is 5.00. The van der Waals surface area contributed by atoms with Crippen molar-refractivity contribution in [1.29, 1.82) is 0 Å². The van der Waals surface area contributed by atoms with E-state index in [9.17, 15) is 0 Å². The van der Waals surface area contributed by atoms with Crippen LogP contribution in [0, 0.1) is 60.3 Å². The summed E-state index contributed by atoms with van der Waals surface area (Å²) in [6.45, 7) is 8.54. The summed E-state index contributed by atoms with van der Waals surface area (Å²) in [6, 6.07) is 0. The monoisotopic (exact) mass is 879 g/mol. The molecule has 1 saturated heterocycles. The zero-order valence-corrected chi connectivity index (χ0v) is 27.3. The minimum Gasteiger partial charge on any atom is -0.396 e. The first kappa shape index (κ1) is 32.4. The molecule has 9 heteroatoms. The van der Waals surface area contributed by atoms with Crippen molar-refractivity contribution in [3.63, 3.8) is 0 Å². The molecule has 24 heavy (non-hydrogen) atoms. The molecular formula is C15H29AcBr5O3. The van der Waals surface area contributed by atoms with Gasteiger partial charge in [-0.15, -0.1) is 0 Å². The Morgan fingerprint density at radius 1 is 0.833 bits per heavy atom. The second kappa shape index (κ2) is 17.6. The maximum Gasteiger partial charge on any atom is 0.0550 e. The number of halogens is 5. The molecule has 0 atom stereocenters. The molecule has 1 radical (unpaired) electrons. The van der Waals surface area contributed by atoms with Gasteiger partial charge in [0.1, 0.15) is 0 Å². The van der Waals surface area contributed by atoms with Gasteiger partial charge in [-0.3, -0.25) is 0 Å². The van der Waals surface area contributed by atoms with Crippen molar-refractivity contribution in [3.8, 4) is 0 Å². The molecule has 0 spiro atoms. The molecule has 0 aliphatic carbocycles. The predicted molar refractivity (Wildman–Crippen MR) is 118 cm³/mol. The molecule has 145 valence electrons. The number of aliphatic hydroxyl groups is 2. The average molecular weight is 884 g/mol. The normalized spacial score (nSPS) is 15.8. The summed E-state index contributed by atoms with van der Waals surface area (Å²) in [5, 5.41) is 21.9. The molecule has 0 saturated carbocycles. The summed E-state index contributed by atoms with van der Waals surface area (Å²) in [5.74, 6) is 0. The topological polar surface area (TPSA) is 49.7 Å². The summed E-state index contributed by atoms with van der Waals surface area (Å²) in [5.41, 5.74) is 0.486. The van der Waals surface area contributed by atoms with Crippen molar-refractivity contribution in [2.24, 2.45) is 16.2 Å². The summed E-state index contributed by atoms with van der Waals surface area (Å²) in [7, 11) is 0. The minimum absolute atomic E-state index is 0. The van der Waals surface area contributed by atoms with Gasteiger partial charge in [0.15, 0.2) is 0 Å². The van der Waals surface area contributed by atoms with E-state index in [1.54, 1.807) is 0 Å². The van der Waals surface area contributed by atoms with Gasteiger partial charge < -0.3 is 14.9 Å². The third kappa shape index (κ3) is 14.7. The molecule has 1 aliphatic rings. The van der Waals surface area contributed by atoms with E-state index in [0.29, 0.717) is 5.41 Å². The van der Waals surface area contributed by atoms with Crippen molar-refractivity contribution in [2.75, 3.05) is 53.1 Å². The van der Waals surface area contributed by atoms with Crippen LogP contribution in [-0.2, 0) is 4.74 Å². The second-order valence-corrected chi connectivity index (χ2v) is 9.71. The van der Waals surface area contributed by atoms with Gasteiger partial charge in [0.2, 0.25) is 0 Å². The Morgan fingerprint density at radius 3 is 1.12 bits per heavy atom. The van der Waals surface area contributed by atoms with Crippen molar-refractivity contribution in [2.45, 2.75) is 20.8 Å². The zero-order chi connectivity index (χ0) is 18.6. The van der Waals surface area contributed by atoms with Crippen molar-refractivity contribution >= 4 is 79.6 Å². The molecule has 3 nitrogen and oxygen atoms in total. The van der Waals surface area contributed by atoms with Gasteiger partial charge in [0.05, 0.1) is 26.4 Å². The molecule has 0 aromatic heterocycles. The number of aliphatic hydroxyl groups excluding tert-OH is 2. The third-order valence-corrected chi connectivity index (χ3v) is 10.0. The molecule has 1 fully saturated rings. The first-order chi connectivity index (χ1) is 10.6. The Labute approximate surface area is 225 Å². The molecule has 0 aromatic rings. The standard InChI is InChI=1S/2C5H10Br2O.C5H9BrO.Ac/c2*1-5(2-6,3-7)4-8;1-5(2-6)3-7-4-5;/h2*8H,2-4H2,1H3;2-4H2,1H3;. The molecular weight excluding hydrogens is 855 g/mol. The smallest absolute Gasteiger partial charge is 0.0550 e. The van der Waals surface area contributed by atoms with E-state index in [1.807, 2.05) is 13.8 Å². The van der Waals surface area contributed by atoms with Crippen LogP contribution in [-0.4, -0.2) is 63.3 Å². The summed E-state index contributed by atoms with van der Waals surface area (Å²) in [4.78, 5) is 0. The van der Waals surface area contributed by atoms with E-state index in [0.717, 1.165) is 39.9 Å². The second-order valence-electron chi connectivity index (χ2n) is 6.91. The Hall–Kier alpha value is 3.72. The van der Waals surface area contributed by atoms with Gasteiger partial charge >= 0.3 is 0 Å². The van der Waals surface area contributed by atoms with Crippen LogP contribution >= 0.6 is 79.6 Å². The van der Waals surface area contributed by atoms with E-state index in [-0.39, 0.29) is 68.1 Å². The van der Waals surface area contributed by atoms with Gasteiger partial charge in [-0.2, -0.15) is 0 Å². The molecule has 0 unspecified atom stereocenters. The Balaban J connectivity index is -0.000000270. The van der Waals surface area contributed by atoms with Gasteiger partial charge in [-0.25, -0.2) is 0 Å². The van der Waals surface area contributed by atoms with Crippen LogP contribution in [0.1, 0.15) is 20.8 Å². The van der Waals surface area contributed by atoms with Crippen LogP contribution in [0.4, 0.5) is 0 Å². The van der Waals surface area contributed by atoms with Crippen molar-refractivity contribution in [1.82, 2.24) is 0 Å². The van der Waals surface area contributed by atoms with Gasteiger partial charge in [-0.1, -0.05) is 100 Å². The number of rotatable bonds is 7. The Bertz CT molecular complexity index is 246. The first-order valence-corrected chi connectivity index (χ1v) is 12.8. The van der Waals surface area contributed by atoms with Crippen LogP contribution < -0.4 is 0 Å². The van der Waals surface area contributed by atoms with E-state index in [4.69, 9.17) is 14.9 Å². The Kier molecular flexibility index (Phi) is 23.7. The maximum absolute atomic E-state index is 8.73. The molecule has 0 aromatic carbocycles. The largest absolute Gasteiger partial charge is 0.396 e. The average Bonchev–Trinajstić information content (AvgIpc) is 2.59. The van der Waals surface area contributed by atoms with Gasteiger partial charge in [0, 0.05) is 87.0 Å². The number of alkyl halides is 5. The van der Waals surface area contributed by atoms with Crippen LogP contribution in [0.25, 0.3) is 0 Å². The number of hydrogen-bond donors (Lipinski definition) is 2. The van der Waals surface area contributed by atoms with E-state index in [1.165, 1.54) is 0 Å². The maximum atomic E-state index is 8.73. The third-order valence-electron chi connectivity index (χ3n) is 3.28. The van der Waals surface area contributed by atoms with Crippen molar-refractivity contribution < 1.29 is 59.0 Å². The van der Waals surface area contributed by atoms with E-state index >= 15 is 0 Å². The summed E-state index contributed by atoms with van der Waals surface area (Å²) in [6.07, 6.45) is 0. The minimum atomic E-state index is 0. The molecule has 1 rings (SSSR count). The number of hydrogen-bond acceptors (Lipinski definition) is 3. The first-order valence-electron chi connectivity index (χ1n) is 7.23. The quantitative estimate of drug-likeness (QED) is 0.356. The molecule has 1 aliphatic heterocycles. The Morgan fingerprint density at radius 2 is 1.12 bits per heavy atom. The van der Waals surface area contributed by atoms with Crippen LogP contribution in [0.5, 0.6) is 0 Å². The zero-order valence-electron chi connectivity index (χ0n) is 14.6. The fraction of sp³-hybridized carbons (Fsp3) is 1.00. The van der Waals surface area contributed by atoms with Crippen molar-refractivity contribution in [3.05, 3.63) is 0 Å². The summed E-state index contributed by atoms with van der Waals surface area (Å²) >= 11 is 16.6. The van der Waals surface area contributed by atoms with Gasteiger partial charge in [0.25, 0.3) is 0 Å². The SMILES string of the molecule is CC(CO)(CBr)CBr.CC(CO)(CBr)CBr.CC1(CBr)COC1.[Ac]. The van der Waals surface area contributed by atoms with Crippen LogP contribution in [0.15, 0.2) is 0 Å². The molecule has 2 N–H and O–H groups in total. The van der Waals surface area contributed by atoms with Gasteiger partial charge in [-0.05, 0) is 0 Å². The molecule has 0 amide bonds. The van der Waals surface area contributed by atoms with Crippen LogP contribution in [0.2, 0.25) is 0 Å². The van der Waals surface area contributed by atoms with E-state index < -0.39 is 0 Å². The molecule has 1 heterocycles. The predicted octanol–water partition coefficient (Wildman–Crippen LogP) is 4.97. The number of ether oxygens (including phenoxy) is 1. The molecule has 0 bridgehead atoms.